The van der Waals surface area contributed by atoms with Crippen LogP contribution in [0.5, 0.6) is 0 Å². The first-order valence-corrected chi connectivity index (χ1v) is 18.0. The summed E-state index contributed by atoms with van der Waals surface area (Å²) in [6, 6.07) is 0. The van der Waals surface area contributed by atoms with Crippen LogP contribution in [0.2, 0.25) is 0 Å². The van der Waals surface area contributed by atoms with Crippen LogP contribution in [-0.2, 0) is 32.7 Å². The molecule has 0 fully saturated rings. The van der Waals surface area contributed by atoms with Crippen LogP contribution in [0.1, 0.15) is 155 Å². The van der Waals surface area contributed by atoms with Gasteiger partial charge in [0, 0.05) is 19.4 Å². The summed E-state index contributed by atoms with van der Waals surface area (Å²) in [6.07, 6.45) is 22.8. The van der Waals surface area contributed by atoms with Crippen molar-refractivity contribution in [2.75, 3.05) is 26.4 Å². The van der Waals surface area contributed by atoms with Gasteiger partial charge in [-0.25, -0.2) is 4.57 Å². The van der Waals surface area contributed by atoms with Crippen molar-refractivity contribution in [1.29, 1.82) is 0 Å². The van der Waals surface area contributed by atoms with Gasteiger partial charge in [0.25, 0.3) is 0 Å². The van der Waals surface area contributed by atoms with Gasteiger partial charge in [-0.1, -0.05) is 129 Å². The van der Waals surface area contributed by atoms with Crippen molar-refractivity contribution in [2.24, 2.45) is 5.73 Å². The van der Waals surface area contributed by atoms with Crippen LogP contribution in [0.15, 0.2) is 0 Å². The molecule has 0 aliphatic carbocycles. The van der Waals surface area contributed by atoms with E-state index in [0.717, 1.165) is 32.1 Å². The summed E-state index contributed by atoms with van der Waals surface area (Å²) in [4.78, 5) is 34.4. The molecule has 41 heavy (non-hydrogen) atoms. The molecule has 0 heterocycles. The summed E-state index contributed by atoms with van der Waals surface area (Å²) in [5.41, 5.74) is 5.30. The number of hydrogen-bond donors (Lipinski definition) is 2. The van der Waals surface area contributed by atoms with Crippen LogP contribution in [-0.4, -0.2) is 49.3 Å². The number of rotatable bonds is 31. The van der Waals surface area contributed by atoms with Crippen molar-refractivity contribution >= 4 is 19.8 Å². The third-order valence-corrected chi connectivity index (χ3v) is 7.98. The topological polar surface area (TPSA) is 134 Å². The number of phosphoric acid groups is 1. The Morgan fingerprint density at radius 2 is 1.05 bits per heavy atom. The molecule has 3 N–H and O–H groups in total. The highest BCUT2D eigenvalue weighted by molar-refractivity contribution is 7.47. The Morgan fingerprint density at radius 1 is 0.634 bits per heavy atom. The van der Waals surface area contributed by atoms with E-state index in [9.17, 15) is 19.0 Å². The van der Waals surface area contributed by atoms with E-state index >= 15 is 0 Å². The first kappa shape index (κ1) is 40.0. The van der Waals surface area contributed by atoms with Gasteiger partial charge in [-0.3, -0.25) is 18.6 Å². The Morgan fingerprint density at radius 3 is 1.49 bits per heavy atom. The first-order valence-electron chi connectivity index (χ1n) is 16.5. The van der Waals surface area contributed by atoms with Gasteiger partial charge >= 0.3 is 19.8 Å². The van der Waals surface area contributed by atoms with Crippen molar-refractivity contribution in [1.82, 2.24) is 0 Å². The fourth-order valence-electron chi connectivity index (χ4n) is 4.52. The number of phosphoric ester groups is 1. The highest BCUT2D eigenvalue weighted by atomic mass is 31.2. The van der Waals surface area contributed by atoms with Crippen molar-refractivity contribution in [3.8, 4) is 0 Å². The Labute approximate surface area is 250 Å². The van der Waals surface area contributed by atoms with E-state index in [4.69, 9.17) is 24.3 Å². The monoisotopic (exact) mass is 607 g/mol. The molecule has 0 rings (SSSR count). The molecule has 0 aliphatic heterocycles. The maximum absolute atomic E-state index is 12.4. The molecule has 9 nitrogen and oxygen atoms in total. The summed E-state index contributed by atoms with van der Waals surface area (Å²) in [6.45, 7) is 3.69. The van der Waals surface area contributed by atoms with Crippen LogP contribution >= 0.6 is 7.82 Å². The van der Waals surface area contributed by atoms with E-state index in [1.54, 1.807) is 0 Å². The molecule has 0 saturated carbocycles. The summed E-state index contributed by atoms with van der Waals surface area (Å²) in [5.74, 6) is -0.827. The number of carbonyl (C=O) groups excluding carboxylic acids is 2. The van der Waals surface area contributed by atoms with Crippen molar-refractivity contribution < 1.29 is 37.6 Å². The second-order valence-corrected chi connectivity index (χ2v) is 12.5. The molecule has 244 valence electrons. The standard InChI is InChI=1S/C31H62NO8P/c1-3-5-7-9-11-13-15-17-19-21-23-30(33)37-27-29(28-39-41(35,36)38-26-25-32)40-31(34)24-22-20-18-16-14-12-10-8-6-4-2/h29H,3-28,32H2,1-2H3,(H,35,36)/t29-/m1/s1. The molecule has 0 aliphatic rings. The number of carbonyl (C=O) groups is 2. The largest absolute Gasteiger partial charge is 0.472 e. The molecule has 10 heteroatoms. The third-order valence-electron chi connectivity index (χ3n) is 6.99. The van der Waals surface area contributed by atoms with Crippen LogP contribution in [0.3, 0.4) is 0 Å². The van der Waals surface area contributed by atoms with Gasteiger partial charge in [0.1, 0.15) is 6.61 Å². The molecule has 2 atom stereocenters. The number of hydrogen-bond acceptors (Lipinski definition) is 8. The van der Waals surface area contributed by atoms with Crippen LogP contribution in [0.4, 0.5) is 0 Å². The minimum Gasteiger partial charge on any atom is -0.462 e. The Bertz CT molecular complexity index is 664. The second kappa shape index (κ2) is 29.1. The first-order chi connectivity index (χ1) is 19.8. The lowest BCUT2D eigenvalue weighted by molar-refractivity contribution is -0.161. The molecule has 0 bridgehead atoms. The quantitative estimate of drug-likeness (QED) is 0.0454. The van der Waals surface area contributed by atoms with E-state index in [0.29, 0.717) is 6.42 Å². The molecule has 0 amide bonds. The molecule has 0 radical (unpaired) electrons. The van der Waals surface area contributed by atoms with Gasteiger partial charge in [0.05, 0.1) is 13.2 Å². The minimum absolute atomic E-state index is 0.0573. The predicted octanol–water partition coefficient (Wildman–Crippen LogP) is 8.16. The van der Waals surface area contributed by atoms with Crippen molar-refractivity contribution in [3.63, 3.8) is 0 Å². The lowest BCUT2D eigenvalue weighted by atomic mass is 10.1. The molecule has 0 spiro atoms. The highest BCUT2D eigenvalue weighted by Crippen LogP contribution is 2.43. The predicted molar refractivity (Wildman–Crippen MR) is 165 cm³/mol. The van der Waals surface area contributed by atoms with Crippen LogP contribution in [0.25, 0.3) is 0 Å². The highest BCUT2D eigenvalue weighted by Gasteiger charge is 2.25. The Kier molecular flexibility index (Phi) is 28.4. The summed E-state index contributed by atoms with van der Waals surface area (Å²) in [7, 11) is -4.35. The molecule has 0 aromatic rings. The summed E-state index contributed by atoms with van der Waals surface area (Å²) in [5, 5.41) is 0. The molecular weight excluding hydrogens is 545 g/mol. The normalized spacial score (nSPS) is 13.6. The average Bonchev–Trinajstić information content (AvgIpc) is 2.95. The van der Waals surface area contributed by atoms with E-state index < -0.39 is 26.5 Å². The lowest BCUT2D eigenvalue weighted by Crippen LogP contribution is -2.29. The number of esters is 2. The summed E-state index contributed by atoms with van der Waals surface area (Å²) < 4.78 is 32.4. The van der Waals surface area contributed by atoms with Gasteiger partial charge < -0.3 is 20.1 Å². The Hall–Kier alpha value is -0.990. The third kappa shape index (κ3) is 28.9. The van der Waals surface area contributed by atoms with E-state index in [-0.39, 0.29) is 38.6 Å². The fraction of sp³-hybridized carbons (Fsp3) is 0.935. The molecule has 0 aromatic carbocycles. The van der Waals surface area contributed by atoms with Gasteiger partial charge in [-0.2, -0.15) is 0 Å². The number of nitrogens with two attached hydrogens (primary N) is 1. The van der Waals surface area contributed by atoms with Crippen LogP contribution in [0, 0.1) is 0 Å². The maximum Gasteiger partial charge on any atom is 0.472 e. The van der Waals surface area contributed by atoms with E-state index in [2.05, 4.69) is 13.8 Å². The van der Waals surface area contributed by atoms with Gasteiger partial charge in [-0.15, -0.1) is 0 Å². The SMILES string of the molecule is CCCCCCCCCCCCC(=O)OC[C@H](COP(=O)(O)OCCN)OC(=O)CCCCCCCCCCCC. The summed E-state index contributed by atoms with van der Waals surface area (Å²) >= 11 is 0. The zero-order valence-electron chi connectivity index (χ0n) is 26.3. The molecule has 1 unspecified atom stereocenters. The fourth-order valence-corrected chi connectivity index (χ4v) is 5.28. The van der Waals surface area contributed by atoms with Crippen molar-refractivity contribution in [2.45, 2.75) is 161 Å². The zero-order valence-corrected chi connectivity index (χ0v) is 27.2. The average molecular weight is 608 g/mol. The smallest absolute Gasteiger partial charge is 0.462 e. The van der Waals surface area contributed by atoms with Gasteiger partial charge in [0.2, 0.25) is 0 Å². The Balaban J connectivity index is 4.29. The molecular formula is C31H62NO8P. The second-order valence-electron chi connectivity index (χ2n) is 11.0. The minimum atomic E-state index is -4.35. The number of ether oxygens (including phenoxy) is 2. The lowest BCUT2D eigenvalue weighted by Gasteiger charge is -2.19. The number of unbranched alkanes of at least 4 members (excludes halogenated alkanes) is 18. The van der Waals surface area contributed by atoms with E-state index in [1.165, 1.54) is 89.9 Å². The molecule has 0 saturated heterocycles. The zero-order chi connectivity index (χ0) is 30.4. The van der Waals surface area contributed by atoms with Gasteiger partial charge in [0.15, 0.2) is 6.10 Å². The maximum atomic E-state index is 12.4. The van der Waals surface area contributed by atoms with E-state index in [1.807, 2.05) is 0 Å². The van der Waals surface area contributed by atoms with Crippen LogP contribution < -0.4 is 5.73 Å². The van der Waals surface area contributed by atoms with Crippen molar-refractivity contribution in [3.05, 3.63) is 0 Å². The van der Waals surface area contributed by atoms with Gasteiger partial charge in [-0.05, 0) is 12.8 Å². The molecule has 0 aromatic heterocycles.